The van der Waals surface area contributed by atoms with E-state index >= 15 is 0 Å². The van der Waals surface area contributed by atoms with Gasteiger partial charge in [-0.05, 0) is 68.6 Å². The molecule has 0 N–H and O–H groups in total. The van der Waals surface area contributed by atoms with Crippen LogP contribution in [0.4, 0.5) is 17.1 Å². The van der Waals surface area contributed by atoms with Gasteiger partial charge in [-0.1, -0.05) is 158 Å². The molecule has 0 saturated heterocycles. The molecule has 0 bridgehead atoms. The van der Waals surface area contributed by atoms with Gasteiger partial charge >= 0.3 is 0 Å². The fraction of sp³-hybridized carbons (Fsp3) is 0. The quantitative estimate of drug-likeness (QED) is 0.175. The van der Waals surface area contributed by atoms with E-state index in [9.17, 15) is 0 Å². The van der Waals surface area contributed by atoms with Crippen LogP contribution in [0, 0.1) is 0 Å². The van der Waals surface area contributed by atoms with Crippen LogP contribution in [0.5, 0.6) is 0 Å². The van der Waals surface area contributed by atoms with Crippen LogP contribution in [-0.4, -0.2) is 0 Å². The van der Waals surface area contributed by atoms with Crippen molar-refractivity contribution < 1.29 is 4.42 Å². The van der Waals surface area contributed by atoms with Gasteiger partial charge in [-0.3, -0.25) is 0 Å². The number of benzene rings is 9. The first-order valence-corrected chi connectivity index (χ1v) is 17.1. The lowest BCUT2D eigenvalue weighted by Crippen LogP contribution is -2.12. The highest BCUT2D eigenvalue weighted by Gasteiger charge is 2.25. The Hall–Kier alpha value is -6.64. The SMILES string of the molecule is c1ccc(-c2cccc3c(N(c4cccc5ccc6ccccc6c45)c4ccc(-c5ccccc5)c5oc6ccccc6c45)cccc23)cc1. The van der Waals surface area contributed by atoms with Gasteiger partial charge in [0.15, 0.2) is 0 Å². The number of furan rings is 1. The van der Waals surface area contributed by atoms with E-state index in [0.717, 1.165) is 50.1 Å². The highest BCUT2D eigenvalue weighted by atomic mass is 16.3. The van der Waals surface area contributed by atoms with Crippen molar-refractivity contribution in [1.29, 1.82) is 0 Å². The van der Waals surface area contributed by atoms with Crippen LogP contribution in [-0.2, 0) is 0 Å². The summed E-state index contributed by atoms with van der Waals surface area (Å²) in [4.78, 5) is 2.48. The third-order valence-corrected chi connectivity index (χ3v) is 10.0. The molecule has 0 unspecified atom stereocenters. The summed E-state index contributed by atoms with van der Waals surface area (Å²) in [7, 11) is 0. The van der Waals surface area contributed by atoms with Crippen molar-refractivity contribution in [2.24, 2.45) is 0 Å². The van der Waals surface area contributed by atoms with Crippen molar-refractivity contribution in [2.75, 3.05) is 4.90 Å². The normalized spacial score (nSPS) is 11.6. The van der Waals surface area contributed by atoms with Crippen molar-refractivity contribution in [1.82, 2.24) is 0 Å². The van der Waals surface area contributed by atoms with Gasteiger partial charge in [0.25, 0.3) is 0 Å². The Morgan fingerprint density at radius 3 is 1.74 bits per heavy atom. The molecule has 1 aromatic heterocycles. The molecule has 0 radical (unpaired) electrons. The smallest absolute Gasteiger partial charge is 0.145 e. The van der Waals surface area contributed by atoms with Crippen LogP contribution in [0.25, 0.3) is 76.5 Å². The molecule has 0 aliphatic carbocycles. The van der Waals surface area contributed by atoms with Crippen LogP contribution in [0.15, 0.2) is 192 Å². The maximum Gasteiger partial charge on any atom is 0.145 e. The average molecular weight is 638 g/mol. The minimum absolute atomic E-state index is 0.875. The Labute approximate surface area is 290 Å². The maximum absolute atomic E-state index is 6.80. The molecule has 0 saturated carbocycles. The van der Waals surface area contributed by atoms with Gasteiger partial charge in [0.1, 0.15) is 11.2 Å². The van der Waals surface area contributed by atoms with Gasteiger partial charge in [-0.15, -0.1) is 0 Å². The van der Waals surface area contributed by atoms with E-state index in [2.05, 4.69) is 193 Å². The molecule has 10 aromatic rings. The van der Waals surface area contributed by atoms with Crippen molar-refractivity contribution in [3.8, 4) is 22.3 Å². The number of para-hydroxylation sites is 1. The highest BCUT2D eigenvalue weighted by molar-refractivity contribution is 6.21. The van der Waals surface area contributed by atoms with Crippen LogP contribution < -0.4 is 4.90 Å². The standard InChI is InChI=1S/C48H31NO/c1-3-14-32(15-4-1)36-22-12-24-40-39(36)23-13-25-42(40)49(43-26-11-19-35-29-28-34-18-7-8-20-37(34)46(35)43)44-31-30-38(33-16-5-2-6-17-33)48-47(44)41-21-9-10-27-45(41)50-48/h1-31H. The van der Waals surface area contributed by atoms with E-state index in [1.54, 1.807) is 0 Å². The molecular formula is C48H31NO. The van der Waals surface area contributed by atoms with E-state index in [4.69, 9.17) is 4.42 Å². The van der Waals surface area contributed by atoms with Crippen molar-refractivity contribution in [3.05, 3.63) is 188 Å². The molecule has 1 heterocycles. The number of nitrogens with zero attached hydrogens (tertiary/aromatic N) is 1. The van der Waals surface area contributed by atoms with Gasteiger partial charge in [-0.25, -0.2) is 0 Å². The number of hydrogen-bond donors (Lipinski definition) is 0. The number of anilines is 3. The molecule has 0 aliphatic rings. The van der Waals surface area contributed by atoms with Gasteiger partial charge in [0, 0.05) is 21.7 Å². The molecule has 0 spiro atoms. The summed E-state index contributed by atoms with van der Waals surface area (Å²) < 4.78 is 6.80. The van der Waals surface area contributed by atoms with Crippen molar-refractivity contribution in [2.45, 2.75) is 0 Å². The second kappa shape index (κ2) is 11.5. The summed E-state index contributed by atoms with van der Waals surface area (Å²) in [5, 5.41) is 9.44. The van der Waals surface area contributed by atoms with Crippen LogP contribution in [0.3, 0.4) is 0 Å². The van der Waals surface area contributed by atoms with Crippen LogP contribution >= 0.6 is 0 Å². The molecular weight excluding hydrogens is 607 g/mol. The van der Waals surface area contributed by atoms with E-state index in [0.29, 0.717) is 0 Å². The molecule has 0 atom stereocenters. The average Bonchev–Trinajstić information content (AvgIpc) is 3.58. The van der Waals surface area contributed by atoms with E-state index in [1.165, 1.54) is 43.4 Å². The Morgan fingerprint density at radius 1 is 0.320 bits per heavy atom. The molecule has 50 heavy (non-hydrogen) atoms. The van der Waals surface area contributed by atoms with E-state index in [1.807, 2.05) is 0 Å². The lowest BCUT2D eigenvalue weighted by atomic mass is 9.95. The van der Waals surface area contributed by atoms with Gasteiger partial charge < -0.3 is 9.32 Å². The maximum atomic E-state index is 6.80. The zero-order valence-corrected chi connectivity index (χ0v) is 27.3. The second-order valence-corrected chi connectivity index (χ2v) is 12.8. The topological polar surface area (TPSA) is 16.4 Å². The number of fused-ring (bicyclic) bond motifs is 7. The predicted octanol–water partition coefficient (Wildman–Crippen LogP) is 13.8. The molecule has 0 aliphatic heterocycles. The Kier molecular flexibility index (Phi) is 6.53. The largest absolute Gasteiger partial charge is 0.455 e. The molecule has 234 valence electrons. The van der Waals surface area contributed by atoms with E-state index < -0.39 is 0 Å². The molecule has 2 nitrogen and oxygen atoms in total. The molecule has 0 amide bonds. The summed E-state index contributed by atoms with van der Waals surface area (Å²) in [6.07, 6.45) is 0. The van der Waals surface area contributed by atoms with Gasteiger partial charge in [0.05, 0.1) is 22.4 Å². The number of hydrogen-bond acceptors (Lipinski definition) is 2. The lowest BCUT2D eigenvalue weighted by molar-refractivity contribution is 0.670. The summed E-state index contributed by atoms with van der Waals surface area (Å²) in [5.74, 6) is 0. The first-order chi connectivity index (χ1) is 24.8. The van der Waals surface area contributed by atoms with Crippen LogP contribution in [0.1, 0.15) is 0 Å². The Morgan fingerprint density at radius 2 is 0.900 bits per heavy atom. The minimum Gasteiger partial charge on any atom is -0.455 e. The van der Waals surface area contributed by atoms with Crippen LogP contribution in [0.2, 0.25) is 0 Å². The minimum atomic E-state index is 0.875. The zero-order chi connectivity index (χ0) is 33.0. The predicted molar refractivity (Wildman–Crippen MR) is 212 cm³/mol. The summed E-state index contributed by atoms with van der Waals surface area (Å²) >= 11 is 0. The fourth-order valence-corrected chi connectivity index (χ4v) is 7.81. The summed E-state index contributed by atoms with van der Waals surface area (Å²) in [5.41, 5.74) is 9.69. The Balaban J connectivity index is 1.36. The first-order valence-electron chi connectivity index (χ1n) is 17.1. The lowest BCUT2D eigenvalue weighted by Gasteiger charge is -2.29. The summed E-state index contributed by atoms with van der Waals surface area (Å²) in [6, 6.07) is 67.4. The zero-order valence-electron chi connectivity index (χ0n) is 27.3. The highest BCUT2D eigenvalue weighted by Crippen LogP contribution is 2.50. The first kappa shape index (κ1) is 28.4. The second-order valence-electron chi connectivity index (χ2n) is 12.8. The Bertz CT molecular complexity index is 2870. The van der Waals surface area contributed by atoms with Gasteiger partial charge in [0.2, 0.25) is 0 Å². The van der Waals surface area contributed by atoms with E-state index in [-0.39, 0.29) is 0 Å². The fourth-order valence-electron chi connectivity index (χ4n) is 7.81. The third-order valence-electron chi connectivity index (χ3n) is 10.0. The molecule has 0 fully saturated rings. The molecule has 10 rings (SSSR count). The molecule has 2 heteroatoms. The summed E-state index contributed by atoms with van der Waals surface area (Å²) in [6.45, 7) is 0. The molecule has 9 aromatic carbocycles. The monoisotopic (exact) mass is 637 g/mol. The van der Waals surface area contributed by atoms with Crippen molar-refractivity contribution in [3.63, 3.8) is 0 Å². The van der Waals surface area contributed by atoms with Gasteiger partial charge in [-0.2, -0.15) is 0 Å². The number of rotatable bonds is 5. The van der Waals surface area contributed by atoms with Crippen molar-refractivity contribution >= 4 is 71.3 Å². The third kappa shape index (κ3) is 4.43.